The van der Waals surface area contributed by atoms with E-state index in [1.807, 2.05) is 23.7 Å². The second-order valence-corrected chi connectivity index (χ2v) is 8.06. The number of carbonyl (C=O) groups excluding carboxylic acids is 1. The first-order chi connectivity index (χ1) is 13.0. The van der Waals surface area contributed by atoms with Gasteiger partial charge < -0.3 is 10.2 Å². The lowest BCUT2D eigenvalue weighted by atomic mass is 9.98. The van der Waals surface area contributed by atoms with Crippen LogP contribution in [0.2, 0.25) is 0 Å². The molecule has 1 amide bonds. The van der Waals surface area contributed by atoms with Gasteiger partial charge in [0.25, 0.3) is 5.91 Å². The Morgan fingerprint density at radius 3 is 2.57 bits per heavy atom. The fraction of sp³-hybridized carbons (Fsp3) is 0.571. The number of piperidine rings is 1. The molecule has 4 rings (SSSR count). The first-order valence-electron chi connectivity index (χ1n) is 10.0. The minimum Gasteiger partial charge on any atom is -0.348 e. The van der Waals surface area contributed by atoms with Gasteiger partial charge >= 0.3 is 0 Å². The molecular weight excluding hydrogens is 376 g/mol. The number of nitrogens with zero attached hydrogens (tertiary/aromatic N) is 3. The van der Waals surface area contributed by atoms with Gasteiger partial charge in [-0.15, -0.1) is 12.4 Å². The first-order valence-corrected chi connectivity index (χ1v) is 10.0. The fourth-order valence-corrected chi connectivity index (χ4v) is 4.83. The number of para-hydroxylation sites is 1. The normalized spacial score (nSPS) is 24.2. The summed E-state index contributed by atoms with van der Waals surface area (Å²) in [6.07, 6.45) is 5.19. The summed E-state index contributed by atoms with van der Waals surface area (Å²) >= 11 is 0. The van der Waals surface area contributed by atoms with Crippen LogP contribution in [0.25, 0.3) is 10.9 Å². The fourth-order valence-electron chi connectivity index (χ4n) is 4.83. The maximum atomic E-state index is 13.0. The number of carbonyl (C=O) groups is 1. The lowest BCUT2D eigenvalue weighted by Gasteiger charge is -2.36. The molecule has 152 valence electrons. The third kappa shape index (κ3) is 3.55. The van der Waals surface area contributed by atoms with Gasteiger partial charge in [-0.1, -0.05) is 19.1 Å². The Kier molecular flexibility index (Phi) is 6.10. The molecule has 3 heterocycles. The molecule has 28 heavy (non-hydrogen) atoms. The van der Waals surface area contributed by atoms with Crippen LogP contribution >= 0.6 is 12.4 Å². The summed E-state index contributed by atoms with van der Waals surface area (Å²) in [5.41, 5.74) is 1.59. The Morgan fingerprint density at radius 2 is 1.93 bits per heavy atom. The number of aryl methyl sites for hydroxylation is 2. The Labute approximate surface area is 171 Å². The van der Waals surface area contributed by atoms with E-state index < -0.39 is 0 Å². The molecule has 6 nitrogen and oxygen atoms in total. The molecule has 2 saturated heterocycles. The minimum absolute atomic E-state index is 0. The Bertz CT molecular complexity index is 928. The minimum atomic E-state index is -0.331. The van der Waals surface area contributed by atoms with E-state index in [0.717, 1.165) is 30.3 Å². The molecule has 1 aromatic heterocycles. The summed E-state index contributed by atoms with van der Waals surface area (Å²) in [6.45, 7) is 4.72. The van der Waals surface area contributed by atoms with Crippen LogP contribution in [0, 0.1) is 6.92 Å². The number of amides is 1. The number of halogens is 1. The Balaban J connectivity index is 0.00000225. The van der Waals surface area contributed by atoms with Gasteiger partial charge in [0.15, 0.2) is 5.69 Å². The predicted molar refractivity (Wildman–Crippen MR) is 113 cm³/mol. The molecule has 2 aromatic rings. The molecule has 2 bridgehead atoms. The van der Waals surface area contributed by atoms with Crippen molar-refractivity contribution in [2.45, 2.75) is 70.6 Å². The summed E-state index contributed by atoms with van der Waals surface area (Å²) < 4.78 is 1.82. The average molecular weight is 405 g/mol. The number of rotatable bonds is 4. The van der Waals surface area contributed by atoms with Crippen molar-refractivity contribution in [2.24, 2.45) is 0 Å². The Hall–Kier alpha value is -1.92. The molecule has 2 aliphatic rings. The van der Waals surface area contributed by atoms with Gasteiger partial charge in [0.1, 0.15) is 0 Å². The van der Waals surface area contributed by atoms with Crippen molar-refractivity contribution in [1.82, 2.24) is 20.0 Å². The molecule has 7 heteroatoms. The van der Waals surface area contributed by atoms with Gasteiger partial charge in [0, 0.05) is 24.7 Å². The van der Waals surface area contributed by atoms with Crippen LogP contribution in [-0.2, 0) is 6.54 Å². The van der Waals surface area contributed by atoms with Gasteiger partial charge in [-0.25, -0.2) is 0 Å². The predicted octanol–water partition coefficient (Wildman–Crippen LogP) is 2.89. The van der Waals surface area contributed by atoms with Gasteiger partial charge in [-0.2, -0.15) is 5.10 Å². The van der Waals surface area contributed by atoms with E-state index in [0.29, 0.717) is 24.0 Å². The first kappa shape index (κ1) is 20.8. The molecule has 3 atom stereocenters. The monoisotopic (exact) mass is 404 g/mol. The van der Waals surface area contributed by atoms with Crippen molar-refractivity contribution in [3.63, 3.8) is 0 Å². The van der Waals surface area contributed by atoms with E-state index >= 15 is 0 Å². The zero-order valence-electron chi connectivity index (χ0n) is 16.8. The van der Waals surface area contributed by atoms with E-state index in [-0.39, 0.29) is 35.5 Å². The zero-order valence-corrected chi connectivity index (χ0v) is 17.6. The molecule has 0 radical (unpaired) electrons. The topological polar surface area (TPSA) is 67.2 Å². The van der Waals surface area contributed by atoms with Crippen LogP contribution in [0.5, 0.6) is 0 Å². The molecule has 0 aliphatic carbocycles. The molecule has 2 aliphatic heterocycles. The summed E-state index contributed by atoms with van der Waals surface area (Å²) in [5, 5.41) is 8.15. The van der Waals surface area contributed by atoms with Gasteiger partial charge in [-0.05, 0) is 57.7 Å². The summed E-state index contributed by atoms with van der Waals surface area (Å²) in [7, 11) is 2.18. The van der Waals surface area contributed by atoms with Crippen molar-refractivity contribution in [3.05, 3.63) is 39.7 Å². The molecule has 2 fully saturated rings. The van der Waals surface area contributed by atoms with E-state index in [2.05, 4.69) is 29.3 Å². The standard InChI is InChI=1S/C21H28N4O2.ClH/c1-4-10-25-19-13(2)6-5-7-17(19)20(26)18(23-25)21(27)22-14-11-15-8-9-16(12-14)24(15)3;/h5-7,14-16H,4,8-12H2,1-3H3,(H,22,27);1H/t14-,15+,16-;. The van der Waals surface area contributed by atoms with Crippen molar-refractivity contribution in [2.75, 3.05) is 7.05 Å². The average Bonchev–Trinajstić information content (AvgIpc) is 2.85. The highest BCUT2D eigenvalue weighted by molar-refractivity contribution is 5.96. The number of fused-ring (bicyclic) bond motifs is 3. The number of hydrogen-bond acceptors (Lipinski definition) is 4. The van der Waals surface area contributed by atoms with E-state index in [1.165, 1.54) is 12.8 Å². The maximum absolute atomic E-state index is 13.0. The number of nitrogens with one attached hydrogen (secondary N) is 1. The van der Waals surface area contributed by atoms with Crippen molar-refractivity contribution < 1.29 is 4.79 Å². The van der Waals surface area contributed by atoms with E-state index in [1.54, 1.807) is 6.07 Å². The number of hydrogen-bond donors (Lipinski definition) is 1. The molecule has 0 saturated carbocycles. The van der Waals surface area contributed by atoms with Gasteiger partial charge in [-0.3, -0.25) is 14.3 Å². The van der Waals surface area contributed by atoms with Crippen molar-refractivity contribution >= 4 is 29.2 Å². The number of benzene rings is 1. The van der Waals surface area contributed by atoms with Crippen LogP contribution in [0.15, 0.2) is 23.0 Å². The highest BCUT2D eigenvalue weighted by Gasteiger charge is 2.39. The molecule has 0 spiro atoms. The summed E-state index contributed by atoms with van der Waals surface area (Å²) in [4.78, 5) is 28.3. The van der Waals surface area contributed by atoms with Crippen molar-refractivity contribution in [3.8, 4) is 0 Å². The highest BCUT2D eigenvalue weighted by Crippen LogP contribution is 2.34. The molecule has 1 N–H and O–H groups in total. The quantitative estimate of drug-likeness (QED) is 0.850. The SMILES string of the molecule is CCCn1nc(C(=O)N[C@H]2C[C@H]3CC[C@@H](C2)N3C)c(=O)c2cccc(C)c21.Cl. The third-order valence-electron chi connectivity index (χ3n) is 6.26. The van der Waals surface area contributed by atoms with Gasteiger partial charge in [0.2, 0.25) is 5.43 Å². The maximum Gasteiger partial charge on any atom is 0.276 e. The smallest absolute Gasteiger partial charge is 0.276 e. The Morgan fingerprint density at radius 1 is 1.25 bits per heavy atom. The molecule has 1 aromatic carbocycles. The third-order valence-corrected chi connectivity index (χ3v) is 6.26. The zero-order chi connectivity index (χ0) is 19.1. The summed E-state index contributed by atoms with van der Waals surface area (Å²) in [6, 6.07) is 6.84. The second-order valence-electron chi connectivity index (χ2n) is 8.06. The van der Waals surface area contributed by atoms with Crippen LogP contribution in [0.4, 0.5) is 0 Å². The second kappa shape index (κ2) is 8.21. The van der Waals surface area contributed by atoms with Crippen LogP contribution in [-0.4, -0.2) is 45.8 Å². The van der Waals surface area contributed by atoms with E-state index in [4.69, 9.17) is 0 Å². The lowest BCUT2D eigenvalue weighted by Crippen LogP contribution is -2.49. The lowest BCUT2D eigenvalue weighted by molar-refractivity contribution is 0.0874. The van der Waals surface area contributed by atoms with Crippen LogP contribution < -0.4 is 10.7 Å². The molecular formula is C21H29ClN4O2. The van der Waals surface area contributed by atoms with E-state index in [9.17, 15) is 9.59 Å². The van der Waals surface area contributed by atoms with Gasteiger partial charge in [0.05, 0.1) is 10.9 Å². The summed E-state index contributed by atoms with van der Waals surface area (Å²) in [5.74, 6) is -0.331. The van der Waals surface area contributed by atoms with Crippen molar-refractivity contribution in [1.29, 1.82) is 0 Å². The number of aromatic nitrogens is 2. The largest absolute Gasteiger partial charge is 0.348 e. The highest BCUT2D eigenvalue weighted by atomic mass is 35.5. The van der Waals surface area contributed by atoms with Crippen LogP contribution in [0.3, 0.4) is 0 Å². The molecule has 0 unspecified atom stereocenters. The van der Waals surface area contributed by atoms with Crippen LogP contribution in [0.1, 0.15) is 55.1 Å².